The van der Waals surface area contributed by atoms with Crippen LogP contribution in [0.15, 0.2) is 48.9 Å². The van der Waals surface area contributed by atoms with Crippen molar-refractivity contribution in [3.8, 4) is 0 Å². The van der Waals surface area contributed by atoms with E-state index in [9.17, 15) is 4.79 Å². The number of aromatic nitrogens is 2. The van der Waals surface area contributed by atoms with Crippen LogP contribution in [0.1, 0.15) is 31.5 Å². The van der Waals surface area contributed by atoms with Crippen molar-refractivity contribution in [2.45, 2.75) is 26.7 Å². The average Bonchev–Trinajstić information content (AvgIpc) is 2.64. The van der Waals surface area contributed by atoms with Crippen LogP contribution in [0.3, 0.4) is 0 Å². The second kappa shape index (κ2) is 7.92. The lowest BCUT2D eigenvalue weighted by Crippen LogP contribution is -2.37. The highest BCUT2D eigenvalue weighted by molar-refractivity contribution is 5.90. The van der Waals surface area contributed by atoms with Crippen molar-refractivity contribution in [2.75, 3.05) is 18.4 Å². The van der Waals surface area contributed by atoms with Crippen molar-refractivity contribution in [3.05, 3.63) is 60.2 Å². The van der Waals surface area contributed by atoms with Crippen LogP contribution in [-0.2, 0) is 6.42 Å². The zero-order valence-corrected chi connectivity index (χ0v) is 14.8. The topological polar surface area (TPSA) is 58.1 Å². The third kappa shape index (κ3) is 4.66. The van der Waals surface area contributed by atoms with Crippen LogP contribution in [0, 0.1) is 5.92 Å². The van der Waals surface area contributed by atoms with E-state index < -0.39 is 0 Å². The first-order chi connectivity index (χ1) is 12.1. The molecule has 25 heavy (non-hydrogen) atoms. The Hall–Kier alpha value is -2.69. The van der Waals surface area contributed by atoms with Crippen LogP contribution in [-0.4, -0.2) is 34.0 Å². The van der Waals surface area contributed by atoms with Crippen molar-refractivity contribution in [3.63, 3.8) is 0 Å². The van der Waals surface area contributed by atoms with E-state index in [1.54, 1.807) is 18.6 Å². The zero-order chi connectivity index (χ0) is 17.6. The molecule has 2 heterocycles. The summed E-state index contributed by atoms with van der Waals surface area (Å²) < 4.78 is 0. The van der Waals surface area contributed by atoms with Crippen LogP contribution in [0.5, 0.6) is 0 Å². The van der Waals surface area contributed by atoms with E-state index in [4.69, 9.17) is 0 Å². The summed E-state index contributed by atoms with van der Waals surface area (Å²) in [5.74, 6) is 0.629. The number of nitrogens with one attached hydrogen (secondary N) is 1. The van der Waals surface area contributed by atoms with Gasteiger partial charge in [0.2, 0.25) is 0 Å². The summed E-state index contributed by atoms with van der Waals surface area (Å²) >= 11 is 0. The molecule has 0 spiro atoms. The highest BCUT2D eigenvalue weighted by Crippen LogP contribution is 2.20. The Balaban J connectivity index is 1.57. The highest BCUT2D eigenvalue weighted by Gasteiger charge is 2.18. The number of amides is 2. The first-order valence-electron chi connectivity index (χ1n) is 8.72. The molecule has 0 fully saturated rings. The van der Waals surface area contributed by atoms with Crippen molar-refractivity contribution >= 4 is 17.3 Å². The standard InChI is InChI=1S/C20H24N4O/c1-15(2)13-16-3-5-18(6-4-16)23-20(25)24-11-7-17(8-12-24)19-14-21-9-10-22-19/h3-7,9-10,14-15H,8,11-13H2,1-2H3,(H,23,25). The molecule has 1 aromatic heterocycles. The van der Waals surface area contributed by atoms with Gasteiger partial charge in [-0.1, -0.05) is 32.1 Å². The second-order valence-electron chi connectivity index (χ2n) is 6.74. The minimum Gasteiger partial charge on any atom is -0.320 e. The number of hydrogen-bond acceptors (Lipinski definition) is 3. The molecule has 0 aliphatic carbocycles. The minimum absolute atomic E-state index is 0.0638. The van der Waals surface area contributed by atoms with Gasteiger partial charge in [-0.2, -0.15) is 0 Å². The van der Waals surface area contributed by atoms with Gasteiger partial charge in [0.15, 0.2) is 0 Å². The molecule has 0 atom stereocenters. The summed E-state index contributed by atoms with van der Waals surface area (Å²) in [6, 6.07) is 8.04. The SMILES string of the molecule is CC(C)Cc1ccc(NC(=O)N2CC=C(c3cnccn3)CC2)cc1. The van der Waals surface area contributed by atoms with Gasteiger partial charge in [-0.3, -0.25) is 9.97 Å². The molecule has 0 saturated carbocycles. The first-order valence-corrected chi connectivity index (χ1v) is 8.72. The van der Waals surface area contributed by atoms with Crippen molar-refractivity contribution in [1.29, 1.82) is 0 Å². The number of nitrogens with zero attached hydrogens (tertiary/aromatic N) is 3. The number of carbonyl (C=O) groups is 1. The fraction of sp³-hybridized carbons (Fsp3) is 0.350. The molecular formula is C20H24N4O. The van der Waals surface area contributed by atoms with E-state index in [0.29, 0.717) is 19.0 Å². The fourth-order valence-corrected chi connectivity index (χ4v) is 2.95. The average molecular weight is 336 g/mol. The number of hydrogen-bond donors (Lipinski definition) is 1. The van der Waals surface area contributed by atoms with E-state index in [0.717, 1.165) is 29.8 Å². The number of carbonyl (C=O) groups excluding carboxylic acids is 1. The lowest BCUT2D eigenvalue weighted by atomic mass is 10.0. The Labute approximate surface area is 148 Å². The molecule has 2 aromatic rings. The van der Waals surface area contributed by atoms with Crippen LogP contribution >= 0.6 is 0 Å². The summed E-state index contributed by atoms with van der Waals surface area (Å²) in [6.45, 7) is 5.67. The van der Waals surface area contributed by atoms with Crippen molar-refractivity contribution in [2.24, 2.45) is 5.92 Å². The minimum atomic E-state index is -0.0638. The molecular weight excluding hydrogens is 312 g/mol. The number of anilines is 1. The van der Waals surface area contributed by atoms with Gasteiger partial charge < -0.3 is 10.2 Å². The fourth-order valence-electron chi connectivity index (χ4n) is 2.95. The smallest absolute Gasteiger partial charge is 0.320 e. The van der Waals surface area contributed by atoms with Crippen LogP contribution in [0.25, 0.3) is 5.57 Å². The van der Waals surface area contributed by atoms with E-state index >= 15 is 0 Å². The predicted molar refractivity (Wildman–Crippen MR) is 100 cm³/mol. The molecule has 0 bridgehead atoms. The van der Waals surface area contributed by atoms with Crippen molar-refractivity contribution in [1.82, 2.24) is 14.9 Å². The largest absolute Gasteiger partial charge is 0.322 e. The number of benzene rings is 1. The summed E-state index contributed by atoms with van der Waals surface area (Å²) in [4.78, 5) is 22.7. The van der Waals surface area contributed by atoms with Gasteiger partial charge in [0.05, 0.1) is 11.9 Å². The normalized spacial score (nSPS) is 14.4. The van der Waals surface area contributed by atoms with E-state index in [-0.39, 0.29) is 6.03 Å². The lowest BCUT2D eigenvalue weighted by Gasteiger charge is -2.26. The molecule has 0 unspecified atom stereocenters. The molecule has 0 saturated heterocycles. The maximum absolute atomic E-state index is 12.4. The number of urea groups is 1. The van der Waals surface area contributed by atoms with Gasteiger partial charge in [0, 0.05) is 31.2 Å². The Bertz CT molecular complexity index is 738. The molecule has 1 N–H and O–H groups in total. The summed E-state index contributed by atoms with van der Waals surface area (Å²) in [7, 11) is 0. The molecule has 2 amide bonds. The third-order valence-electron chi connectivity index (χ3n) is 4.24. The zero-order valence-electron chi connectivity index (χ0n) is 14.8. The Morgan fingerprint density at radius 1 is 1.24 bits per heavy atom. The lowest BCUT2D eigenvalue weighted by molar-refractivity contribution is 0.217. The quantitative estimate of drug-likeness (QED) is 0.918. The first kappa shape index (κ1) is 17.1. The Kier molecular flexibility index (Phi) is 5.43. The van der Waals surface area contributed by atoms with E-state index in [1.165, 1.54) is 5.56 Å². The molecule has 1 aromatic carbocycles. The molecule has 1 aliphatic rings. The number of rotatable bonds is 4. The van der Waals surface area contributed by atoms with E-state index in [2.05, 4.69) is 47.3 Å². The summed E-state index contributed by atoms with van der Waals surface area (Å²) in [5, 5.41) is 2.98. The Morgan fingerprint density at radius 2 is 2.04 bits per heavy atom. The molecule has 3 rings (SSSR count). The highest BCUT2D eigenvalue weighted by atomic mass is 16.2. The molecule has 5 heteroatoms. The maximum atomic E-state index is 12.4. The van der Waals surface area contributed by atoms with Crippen LogP contribution in [0.4, 0.5) is 10.5 Å². The van der Waals surface area contributed by atoms with Gasteiger partial charge in [-0.05, 0) is 42.0 Å². The van der Waals surface area contributed by atoms with E-state index in [1.807, 2.05) is 17.0 Å². The summed E-state index contributed by atoms with van der Waals surface area (Å²) in [5.41, 5.74) is 4.17. The second-order valence-corrected chi connectivity index (χ2v) is 6.74. The van der Waals surface area contributed by atoms with Crippen LogP contribution < -0.4 is 5.32 Å². The maximum Gasteiger partial charge on any atom is 0.322 e. The molecule has 5 nitrogen and oxygen atoms in total. The van der Waals surface area contributed by atoms with Gasteiger partial charge >= 0.3 is 6.03 Å². The van der Waals surface area contributed by atoms with Gasteiger partial charge in [-0.15, -0.1) is 0 Å². The molecule has 1 aliphatic heterocycles. The summed E-state index contributed by atoms with van der Waals surface area (Å²) in [6.07, 6.45) is 9.02. The third-order valence-corrected chi connectivity index (χ3v) is 4.24. The van der Waals surface area contributed by atoms with Gasteiger partial charge in [-0.25, -0.2) is 4.79 Å². The van der Waals surface area contributed by atoms with Crippen molar-refractivity contribution < 1.29 is 4.79 Å². The van der Waals surface area contributed by atoms with Gasteiger partial charge in [0.25, 0.3) is 0 Å². The predicted octanol–water partition coefficient (Wildman–Crippen LogP) is 4.00. The molecule has 130 valence electrons. The Morgan fingerprint density at radius 3 is 2.64 bits per heavy atom. The molecule has 0 radical (unpaired) electrons. The monoisotopic (exact) mass is 336 g/mol. The van der Waals surface area contributed by atoms with Crippen LogP contribution in [0.2, 0.25) is 0 Å². The van der Waals surface area contributed by atoms with Gasteiger partial charge in [0.1, 0.15) is 0 Å².